The van der Waals surface area contributed by atoms with Crippen molar-refractivity contribution in [2.24, 2.45) is 5.18 Å². The summed E-state index contributed by atoms with van der Waals surface area (Å²) in [5, 5.41) is 12.0. The van der Waals surface area contributed by atoms with Crippen LogP contribution < -0.4 is 0 Å². The number of methoxy groups -OCH3 is 1. The first-order valence-electron chi connectivity index (χ1n) is 3.89. The number of nitroso groups, excluding NO2 is 1. The molecule has 0 spiro atoms. The summed E-state index contributed by atoms with van der Waals surface area (Å²) in [6.45, 7) is -0.253. The molecule has 0 saturated carbocycles. The van der Waals surface area contributed by atoms with Crippen LogP contribution in [0.5, 0.6) is 5.75 Å². The zero-order valence-corrected chi connectivity index (χ0v) is 7.56. The minimum absolute atomic E-state index is 0.132. The fourth-order valence-corrected chi connectivity index (χ4v) is 1.11. The second-order valence-electron chi connectivity index (χ2n) is 2.58. The van der Waals surface area contributed by atoms with E-state index in [0.29, 0.717) is 0 Å². The average molecular weight is 195 g/mol. The number of carbonyl (C=O) groups excluding carboxylic acids is 1. The van der Waals surface area contributed by atoms with Gasteiger partial charge in [-0.15, -0.1) is 0 Å². The van der Waals surface area contributed by atoms with Crippen molar-refractivity contribution in [1.29, 1.82) is 0 Å². The molecule has 0 fully saturated rings. The maximum absolute atomic E-state index is 11.2. The summed E-state index contributed by atoms with van der Waals surface area (Å²) in [4.78, 5) is 21.3. The van der Waals surface area contributed by atoms with Gasteiger partial charge in [0.2, 0.25) is 0 Å². The molecule has 0 heterocycles. The molecule has 1 rings (SSSR count). The summed E-state index contributed by atoms with van der Waals surface area (Å²) < 4.78 is 4.48. The van der Waals surface area contributed by atoms with E-state index in [2.05, 4.69) is 9.91 Å². The number of aromatic hydroxyl groups is 1. The van der Waals surface area contributed by atoms with Crippen molar-refractivity contribution in [3.05, 3.63) is 34.2 Å². The minimum atomic E-state index is -0.598. The molecule has 0 radical (unpaired) electrons. The maximum Gasteiger partial charge on any atom is 0.338 e. The summed E-state index contributed by atoms with van der Waals surface area (Å²) in [7, 11) is 1.23. The molecule has 1 aromatic rings. The zero-order chi connectivity index (χ0) is 10.6. The number of benzene rings is 1. The number of hydrogen-bond donors (Lipinski definition) is 1. The van der Waals surface area contributed by atoms with Gasteiger partial charge >= 0.3 is 5.97 Å². The molecule has 5 nitrogen and oxygen atoms in total. The summed E-state index contributed by atoms with van der Waals surface area (Å²) in [6, 6.07) is 4.34. The van der Waals surface area contributed by atoms with Gasteiger partial charge in [-0.2, -0.15) is 4.91 Å². The van der Waals surface area contributed by atoms with Gasteiger partial charge in [0, 0.05) is 5.56 Å². The third kappa shape index (κ3) is 1.87. The molecule has 0 aliphatic rings. The first-order chi connectivity index (χ1) is 6.70. The van der Waals surface area contributed by atoms with E-state index in [9.17, 15) is 14.8 Å². The number of ether oxygens (including phenoxy) is 1. The monoisotopic (exact) mass is 195 g/mol. The van der Waals surface area contributed by atoms with Crippen LogP contribution in [-0.2, 0) is 11.3 Å². The molecule has 1 N–H and O–H groups in total. The van der Waals surface area contributed by atoms with Gasteiger partial charge in [-0.05, 0) is 12.1 Å². The molecular weight excluding hydrogens is 186 g/mol. The van der Waals surface area contributed by atoms with Crippen LogP contribution in [0.25, 0.3) is 0 Å². The smallest absolute Gasteiger partial charge is 0.338 e. The maximum atomic E-state index is 11.2. The predicted octanol–water partition coefficient (Wildman–Crippen LogP) is 1.45. The molecule has 0 aromatic heterocycles. The molecule has 0 bridgehead atoms. The van der Waals surface area contributed by atoms with Gasteiger partial charge in [0.25, 0.3) is 0 Å². The quantitative estimate of drug-likeness (QED) is 0.584. The topological polar surface area (TPSA) is 76.0 Å². The van der Waals surface area contributed by atoms with Crippen molar-refractivity contribution in [1.82, 2.24) is 0 Å². The zero-order valence-electron chi connectivity index (χ0n) is 7.56. The highest BCUT2D eigenvalue weighted by molar-refractivity contribution is 5.91. The molecule has 0 saturated heterocycles. The van der Waals surface area contributed by atoms with Crippen LogP contribution >= 0.6 is 0 Å². The van der Waals surface area contributed by atoms with Crippen molar-refractivity contribution < 1.29 is 14.6 Å². The van der Waals surface area contributed by atoms with Gasteiger partial charge in [0.15, 0.2) is 0 Å². The Morgan fingerprint density at radius 3 is 2.86 bits per heavy atom. The van der Waals surface area contributed by atoms with E-state index < -0.39 is 5.97 Å². The Balaban J connectivity index is 3.20. The Bertz CT molecular complexity index is 362. The average Bonchev–Trinajstić information content (AvgIpc) is 2.20. The van der Waals surface area contributed by atoms with E-state index >= 15 is 0 Å². The molecule has 1 aromatic carbocycles. The standard InChI is InChI=1S/C9H9NO4/c1-14-9(12)6-3-2-4-8(11)7(6)5-10-13/h2-4,11H,5H2,1H3. The minimum Gasteiger partial charge on any atom is -0.508 e. The number of hydrogen-bond acceptors (Lipinski definition) is 5. The van der Waals surface area contributed by atoms with Crippen LogP contribution in [0.1, 0.15) is 15.9 Å². The summed E-state index contributed by atoms with van der Waals surface area (Å²) in [5.74, 6) is -0.730. The number of esters is 1. The number of phenols is 1. The largest absolute Gasteiger partial charge is 0.508 e. The Kier molecular flexibility index (Phi) is 3.17. The number of carbonyl (C=O) groups is 1. The third-order valence-corrected chi connectivity index (χ3v) is 1.78. The van der Waals surface area contributed by atoms with E-state index in [0.717, 1.165) is 0 Å². The number of nitrogens with zero attached hydrogens (tertiary/aromatic N) is 1. The van der Waals surface area contributed by atoms with Crippen LogP contribution in [-0.4, -0.2) is 18.2 Å². The normalized spacial score (nSPS) is 9.50. The fourth-order valence-electron chi connectivity index (χ4n) is 1.11. The van der Waals surface area contributed by atoms with Gasteiger partial charge in [-0.25, -0.2) is 4.79 Å². The van der Waals surface area contributed by atoms with E-state index in [-0.39, 0.29) is 23.4 Å². The third-order valence-electron chi connectivity index (χ3n) is 1.78. The highest BCUT2D eigenvalue weighted by Crippen LogP contribution is 2.22. The second-order valence-corrected chi connectivity index (χ2v) is 2.58. The summed E-state index contributed by atoms with van der Waals surface area (Å²) in [6.07, 6.45) is 0. The van der Waals surface area contributed by atoms with Crippen LogP contribution in [0.15, 0.2) is 23.4 Å². The first-order valence-corrected chi connectivity index (χ1v) is 3.89. The van der Waals surface area contributed by atoms with Crippen molar-refractivity contribution in [3.8, 4) is 5.75 Å². The molecular formula is C9H9NO4. The van der Waals surface area contributed by atoms with Crippen molar-refractivity contribution >= 4 is 5.97 Å². The van der Waals surface area contributed by atoms with Crippen molar-refractivity contribution in [2.45, 2.75) is 6.54 Å². The Labute approximate surface area is 80.3 Å². The molecule has 74 valence electrons. The predicted molar refractivity (Wildman–Crippen MR) is 48.9 cm³/mol. The van der Waals surface area contributed by atoms with Crippen molar-refractivity contribution in [3.63, 3.8) is 0 Å². The van der Waals surface area contributed by atoms with Crippen molar-refractivity contribution in [2.75, 3.05) is 7.11 Å². The molecule has 0 unspecified atom stereocenters. The van der Waals surface area contributed by atoms with Crippen LogP contribution in [0.4, 0.5) is 0 Å². The summed E-state index contributed by atoms with van der Waals surface area (Å²) in [5.41, 5.74) is 0.349. The number of phenolic OH excluding ortho intramolecular Hbond substituents is 1. The van der Waals surface area contributed by atoms with E-state index in [1.54, 1.807) is 0 Å². The second kappa shape index (κ2) is 4.36. The lowest BCUT2D eigenvalue weighted by molar-refractivity contribution is 0.0599. The molecule has 5 heteroatoms. The Morgan fingerprint density at radius 2 is 2.29 bits per heavy atom. The van der Waals surface area contributed by atoms with E-state index in [4.69, 9.17) is 0 Å². The lowest BCUT2D eigenvalue weighted by Gasteiger charge is -2.05. The first kappa shape index (κ1) is 10.2. The van der Waals surface area contributed by atoms with Crippen LogP contribution in [0, 0.1) is 4.91 Å². The van der Waals surface area contributed by atoms with E-state index in [1.165, 1.54) is 25.3 Å². The van der Waals surface area contributed by atoms with E-state index in [1.807, 2.05) is 0 Å². The fraction of sp³-hybridized carbons (Fsp3) is 0.222. The highest BCUT2D eigenvalue weighted by atomic mass is 16.5. The molecule has 0 aliphatic carbocycles. The van der Waals surface area contributed by atoms with Gasteiger partial charge < -0.3 is 9.84 Å². The highest BCUT2D eigenvalue weighted by Gasteiger charge is 2.14. The number of rotatable bonds is 3. The SMILES string of the molecule is COC(=O)c1cccc(O)c1CN=O. The Hall–Kier alpha value is -1.91. The molecule has 0 atom stereocenters. The molecule has 0 aliphatic heterocycles. The van der Waals surface area contributed by atoms with Crippen LogP contribution in [0.2, 0.25) is 0 Å². The molecule has 0 amide bonds. The van der Waals surface area contributed by atoms with Gasteiger partial charge in [0.1, 0.15) is 12.3 Å². The summed E-state index contributed by atoms with van der Waals surface area (Å²) >= 11 is 0. The lowest BCUT2D eigenvalue weighted by atomic mass is 10.1. The van der Waals surface area contributed by atoms with Crippen LogP contribution in [0.3, 0.4) is 0 Å². The molecule has 14 heavy (non-hydrogen) atoms. The van der Waals surface area contributed by atoms with Gasteiger partial charge in [-0.1, -0.05) is 11.2 Å². The van der Waals surface area contributed by atoms with Gasteiger partial charge in [0.05, 0.1) is 12.7 Å². The van der Waals surface area contributed by atoms with Gasteiger partial charge in [-0.3, -0.25) is 0 Å². The Morgan fingerprint density at radius 1 is 1.57 bits per heavy atom. The lowest BCUT2D eigenvalue weighted by Crippen LogP contribution is -2.05.